The van der Waals surface area contributed by atoms with Crippen LogP contribution in [0, 0.1) is 5.82 Å². The first-order valence-electron chi connectivity index (χ1n) is 4.73. The van der Waals surface area contributed by atoms with Crippen LogP contribution in [0.5, 0.6) is 0 Å². The molecule has 1 rings (SSSR count). The number of benzene rings is 1. The topological polar surface area (TPSA) is 20.2 Å². The van der Waals surface area contributed by atoms with Crippen molar-refractivity contribution < 1.29 is 15.0 Å². The lowest BCUT2D eigenvalue weighted by molar-refractivity contribution is 0.199. The van der Waals surface area contributed by atoms with Gasteiger partial charge in [0.05, 0.1) is 7.45 Å². The summed E-state index contributed by atoms with van der Waals surface area (Å²) in [6, 6.07) is 4.16. The first-order valence-corrected chi connectivity index (χ1v) is 2.73. The van der Waals surface area contributed by atoms with E-state index in [1.165, 1.54) is 0 Å². The Hall–Kier alpha value is -0.890. The largest absolute Gasteiger partial charge is 0.389 e. The molecule has 0 fully saturated rings. The summed E-state index contributed by atoms with van der Waals surface area (Å²) < 4.78 is 40.5. The van der Waals surface area contributed by atoms with Crippen molar-refractivity contribution in [3.8, 4) is 0 Å². The van der Waals surface area contributed by atoms with Crippen LogP contribution in [0.15, 0.2) is 24.3 Å². The van der Waals surface area contributed by atoms with Crippen molar-refractivity contribution in [2.75, 3.05) is 0 Å². The lowest BCUT2D eigenvalue weighted by Crippen LogP contribution is -1.89. The number of rotatable bonds is 1. The Morgan fingerprint density at radius 1 is 1.60 bits per heavy atom. The smallest absolute Gasteiger partial charge is 0.123 e. The molecule has 54 valence electrons. The van der Waals surface area contributed by atoms with Gasteiger partial charge in [-0.15, -0.1) is 0 Å². The fourth-order valence-electron chi connectivity index (χ4n) is 0.608. The maximum atomic E-state index is 12.5. The SMILES string of the molecule is [2H]C([2H])([2H])C([2H])(O)c1ccc(F)cc1. The zero-order valence-corrected chi connectivity index (χ0v) is 5.13. The first-order chi connectivity index (χ1) is 6.25. The van der Waals surface area contributed by atoms with Crippen molar-refractivity contribution >= 4 is 0 Å². The van der Waals surface area contributed by atoms with Crippen molar-refractivity contribution in [3.63, 3.8) is 0 Å². The van der Waals surface area contributed by atoms with Crippen LogP contribution in [0.4, 0.5) is 4.39 Å². The summed E-state index contributed by atoms with van der Waals surface area (Å²) >= 11 is 0. The fraction of sp³-hybridized carbons (Fsp3) is 0.250. The number of hydrogen-bond donors (Lipinski definition) is 1. The molecule has 0 aliphatic carbocycles. The third kappa shape index (κ3) is 1.54. The highest BCUT2D eigenvalue weighted by molar-refractivity contribution is 5.17. The summed E-state index contributed by atoms with van der Waals surface area (Å²) in [5, 5.41) is 9.39. The number of aliphatic hydroxyl groups is 1. The van der Waals surface area contributed by atoms with Gasteiger partial charge in [-0.1, -0.05) is 12.1 Å². The second kappa shape index (κ2) is 2.80. The minimum atomic E-state index is -2.86. The van der Waals surface area contributed by atoms with Crippen molar-refractivity contribution in [3.05, 3.63) is 35.6 Å². The molecule has 1 aromatic rings. The van der Waals surface area contributed by atoms with Crippen LogP contribution in [0.25, 0.3) is 0 Å². The molecule has 0 aliphatic rings. The molecule has 1 atom stereocenters. The summed E-state index contributed by atoms with van der Waals surface area (Å²) in [4.78, 5) is 0. The van der Waals surface area contributed by atoms with E-state index in [0.717, 1.165) is 24.3 Å². The van der Waals surface area contributed by atoms with Crippen LogP contribution >= 0.6 is 0 Å². The summed E-state index contributed by atoms with van der Waals surface area (Å²) in [7, 11) is 0. The summed E-state index contributed by atoms with van der Waals surface area (Å²) in [5.41, 5.74) is -0.154. The standard InChI is InChI=1S/C8H9FO/c1-6(10)7-2-4-8(9)5-3-7/h2-6,10H,1H3/i1D3,6D. The van der Waals surface area contributed by atoms with E-state index in [-0.39, 0.29) is 5.56 Å². The Labute approximate surface area is 64.7 Å². The Balaban J connectivity index is 3.10. The highest BCUT2D eigenvalue weighted by Crippen LogP contribution is 2.11. The van der Waals surface area contributed by atoms with Gasteiger partial charge >= 0.3 is 0 Å². The van der Waals surface area contributed by atoms with Crippen LogP contribution in [0.3, 0.4) is 0 Å². The molecule has 1 unspecified atom stereocenters. The van der Waals surface area contributed by atoms with Gasteiger partial charge in [-0.25, -0.2) is 4.39 Å². The predicted molar refractivity (Wildman–Crippen MR) is 37.0 cm³/mol. The van der Waals surface area contributed by atoms with Crippen molar-refractivity contribution in [2.24, 2.45) is 0 Å². The maximum absolute atomic E-state index is 12.5. The van der Waals surface area contributed by atoms with Gasteiger partial charge in [0.25, 0.3) is 0 Å². The van der Waals surface area contributed by atoms with Gasteiger partial charge in [0.2, 0.25) is 0 Å². The van der Waals surface area contributed by atoms with E-state index in [2.05, 4.69) is 0 Å². The summed E-state index contributed by atoms with van der Waals surface area (Å²) in [5.74, 6) is -0.546. The van der Waals surface area contributed by atoms with E-state index < -0.39 is 18.7 Å². The van der Waals surface area contributed by atoms with Crippen LogP contribution < -0.4 is 0 Å². The maximum Gasteiger partial charge on any atom is 0.123 e. The van der Waals surface area contributed by atoms with Crippen LogP contribution in [-0.4, -0.2) is 5.11 Å². The van der Waals surface area contributed by atoms with Gasteiger partial charge < -0.3 is 5.11 Å². The molecule has 0 radical (unpaired) electrons. The minimum Gasteiger partial charge on any atom is -0.389 e. The lowest BCUT2D eigenvalue weighted by atomic mass is 10.1. The highest BCUT2D eigenvalue weighted by atomic mass is 19.1. The third-order valence-corrected chi connectivity index (χ3v) is 1.12. The molecule has 0 heterocycles. The Morgan fingerprint density at radius 3 is 2.70 bits per heavy atom. The molecular weight excluding hydrogens is 131 g/mol. The molecule has 2 heteroatoms. The fourth-order valence-corrected chi connectivity index (χ4v) is 0.608. The predicted octanol–water partition coefficient (Wildman–Crippen LogP) is 1.88. The molecule has 1 N–H and O–H groups in total. The Kier molecular flexibility index (Phi) is 0.975. The normalized spacial score (nSPS) is 23.4. The van der Waals surface area contributed by atoms with Gasteiger partial charge in [-0.05, 0) is 24.5 Å². The number of halogens is 1. The molecule has 1 aromatic carbocycles. The molecular formula is C8H9FO. The third-order valence-electron chi connectivity index (χ3n) is 1.12. The Morgan fingerprint density at radius 2 is 2.20 bits per heavy atom. The quantitative estimate of drug-likeness (QED) is 0.638. The highest BCUT2D eigenvalue weighted by Gasteiger charge is 1.98. The van der Waals surface area contributed by atoms with E-state index in [0.29, 0.717) is 0 Å². The molecule has 0 aromatic heterocycles. The molecule has 0 saturated heterocycles. The molecule has 0 amide bonds. The van der Waals surface area contributed by atoms with Gasteiger partial charge in [-0.2, -0.15) is 0 Å². The van der Waals surface area contributed by atoms with Crippen molar-refractivity contribution in [1.82, 2.24) is 0 Å². The second-order valence-corrected chi connectivity index (χ2v) is 1.86. The minimum absolute atomic E-state index is 0.154. The molecule has 10 heavy (non-hydrogen) atoms. The summed E-state index contributed by atoms with van der Waals surface area (Å²) in [6.07, 6.45) is -2.69. The molecule has 0 bridgehead atoms. The molecule has 0 aliphatic heterocycles. The van der Waals surface area contributed by atoms with Gasteiger partial charge in [0.1, 0.15) is 5.82 Å². The van der Waals surface area contributed by atoms with Gasteiger partial charge in [0, 0.05) is 4.11 Å². The lowest BCUT2D eigenvalue weighted by Gasteiger charge is -2.01. The van der Waals surface area contributed by atoms with Crippen LogP contribution in [0.2, 0.25) is 0 Å². The average molecular weight is 144 g/mol. The van der Waals surface area contributed by atoms with Gasteiger partial charge in [0.15, 0.2) is 0 Å². The van der Waals surface area contributed by atoms with E-state index in [9.17, 15) is 9.50 Å². The molecule has 0 saturated carbocycles. The van der Waals surface area contributed by atoms with E-state index in [1.54, 1.807) is 0 Å². The van der Waals surface area contributed by atoms with Crippen LogP contribution in [0.1, 0.15) is 24.0 Å². The molecule has 1 nitrogen and oxygen atoms in total. The van der Waals surface area contributed by atoms with E-state index in [4.69, 9.17) is 5.48 Å². The number of hydrogen-bond acceptors (Lipinski definition) is 1. The van der Waals surface area contributed by atoms with E-state index in [1.807, 2.05) is 0 Å². The summed E-state index contributed by atoms with van der Waals surface area (Å²) in [6.45, 7) is -2.86. The first kappa shape index (κ1) is 3.49. The monoisotopic (exact) mass is 144 g/mol. The molecule has 0 spiro atoms. The van der Waals surface area contributed by atoms with Crippen molar-refractivity contribution in [2.45, 2.75) is 12.9 Å². The zero-order chi connectivity index (χ0) is 11.0. The van der Waals surface area contributed by atoms with Crippen LogP contribution in [-0.2, 0) is 0 Å². The Bertz CT molecular complexity index is 317. The zero-order valence-electron chi connectivity index (χ0n) is 9.13. The van der Waals surface area contributed by atoms with Crippen molar-refractivity contribution in [1.29, 1.82) is 0 Å². The van der Waals surface area contributed by atoms with Gasteiger partial charge in [-0.3, -0.25) is 0 Å². The average Bonchev–Trinajstić information content (AvgIpc) is 2.03. The second-order valence-electron chi connectivity index (χ2n) is 1.86. The van der Waals surface area contributed by atoms with E-state index >= 15 is 0 Å².